The van der Waals surface area contributed by atoms with Crippen LogP contribution in [0.3, 0.4) is 0 Å². The smallest absolute Gasteiger partial charge is 0.301 e. The number of aliphatic hydroxyl groups excluding tert-OH is 1. The number of hydrogen-bond acceptors (Lipinski definition) is 7. The van der Waals surface area contributed by atoms with Gasteiger partial charge in [-0.15, -0.1) is 0 Å². The maximum Gasteiger partial charge on any atom is 0.301 e. The fourth-order valence-corrected chi connectivity index (χ4v) is 5.49. The molecule has 0 bridgehead atoms. The van der Waals surface area contributed by atoms with Crippen LogP contribution in [0.4, 0.5) is 9.52 Å². The van der Waals surface area contributed by atoms with E-state index in [-0.39, 0.29) is 16.5 Å². The van der Waals surface area contributed by atoms with Gasteiger partial charge in [-0.25, -0.2) is 9.37 Å². The third kappa shape index (κ3) is 5.22. The van der Waals surface area contributed by atoms with Gasteiger partial charge < -0.3 is 14.6 Å². The summed E-state index contributed by atoms with van der Waals surface area (Å²) in [4.78, 5) is 32.8. The predicted octanol–water partition coefficient (Wildman–Crippen LogP) is 6.64. The van der Waals surface area contributed by atoms with E-state index in [0.29, 0.717) is 46.1 Å². The summed E-state index contributed by atoms with van der Waals surface area (Å²) in [6, 6.07) is 16.9. The summed E-state index contributed by atoms with van der Waals surface area (Å²) in [6.45, 7) is 4.94. The Labute approximate surface area is 229 Å². The number of anilines is 1. The Morgan fingerprint density at radius 3 is 2.56 bits per heavy atom. The highest BCUT2D eigenvalue weighted by Crippen LogP contribution is 2.45. The zero-order chi connectivity index (χ0) is 27.5. The second-order valence-electron chi connectivity index (χ2n) is 9.01. The number of amides is 1. The largest absolute Gasteiger partial charge is 0.507 e. The first-order valence-corrected chi connectivity index (χ1v) is 13.6. The molecular formula is C30H27FN2O5S. The van der Waals surface area contributed by atoms with E-state index in [9.17, 15) is 19.1 Å². The number of aliphatic hydroxyl groups is 1. The molecule has 7 nitrogen and oxygen atoms in total. The van der Waals surface area contributed by atoms with E-state index in [4.69, 9.17) is 9.47 Å². The Kier molecular flexibility index (Phi) is 7.60. The third-order valence-corrected chi connectivity index (χ3v) is 7.39. The summed E-state index contributed by atoms with van der Waals surface area (Å²) in [7, 11) is 0. The summed E-state index contributed by atoms with van der Waals surface area (Å²) in [6.07, 6.45) is 1.85. The van der Waals surface area contributed by atoms with Gasteiger partial charge >= 0.3 is 5.91 Å². The molecule has 5 rings (SSSR count). The molecule has 1 fully saturated rings. The molecule has 200 valence electrons. The number of unbranched alkanes of at least 4 members (excludes halogenated alkanes) is 1. The number of rotatable bonds is 9. The fraction of sp³-hybridized carbons (Fsp3) is 0.233. The first-order chi connectivity index (χ1) is 18.9. The molecule has 4 aromatic rings. The van der Waals surface area contributed by atoms with Crippen molar-refractivity contribution in [1.82, 2.24) is 4.98 Å². The summed E-state index contributed by atoms with van der Waals surface area (Å²) >= 11 is 1.10. The van der Waals surface area contributed by atoms with Gasteiger partial charge in [-0.2, -0.15) is 0 Å². The molecule has 3 aromatic carbocycles. The third-order valence-electron chi connectivity index (χ3n) is 6.37. The Morgan fingerprint density at radius 1 is 1.03 bits per heavy atom. The summed E-state index contributed by atoms with van der Waals surface area (Å²) in [5.41, 5.74) is 1.37. The van der Waals surface area contributed by atoms with Crippen LogP contribution < -0.4 is 14.4 Å². The van der Waals surface area contributed by atoms with Crippen molar-refractivity contribution >= 4 is 44.1 Å². The molecule has 0 saturated carbocycles. The van der Waals surface area contributed by atoms with E-state index in [0.717, 1.165) is 24.2 Å². The van der Waals surface area contributed by atoms with E-state index < -0.39 is 23.5 Å². The second-order valence-corrected chi connectivity index (χ2v) is 10.0. The summed E-state index contributed by atoms with van der Waals surface area (Å²) in [5, 5.41) is 11.6. The van der Waals surface area contributed by atoms with Gasteiger partial charge in [0.2, 0.25) is 0 Å². The quantitative estimate of drug-likeness (QED) is 0.110. The lowest BCUT2D eigenvalue weighted by molar-refractivity contribution is -0.132. The molecule has 1 N–H and O–H groups in total. The molecule has 39 heavy (non-hydrogen) atoms. The zero-order valence-corrected chi connectivity index (χ0v) is 22.3. The van der Waals surface area contributed by atoms with Crippen LogP contribution in [-0.4, -0.2) is 35.0 Å². The molecule has 1 aliphatic heterocycles. The molecule has 1 aliphatic rings. The van der Waals surface area contributed by atoms with Crippen LogP contribution in [0.2, 0.25) is 0 Å². The van der Waals surface area contributed by atoms with Crippen LogP contribution in [0, 0.1) is 5.82 Å². The number of Topliss-reactive ketones (excluding diaryl/α,β-unsaturated/α-hetero) is 1. The normalized spacial score (nSPS) is 16.7. The SMILES string of the molecule is CCCCOc1cccc(C2/C(=C(\O)c3ccc(OCC)cc3)C(=O)C(=O)N2c2nc3ccc(F)cc3s2)c1. The van der Waals surface area contributed by atoms with Gasteiger partial charge in [-0.3, -0.25) is 14.5 Å². The minimum absolute atomic E-state index is 0.0692. The Hall–Kier alpha value is -4.24. The Morgan fingerprint density at radius 2 is 1.82 bits per heavy atom. The lowest BCUT2D eigenvalue weighted by atomic mass is 9.95. The number of carbonyl (C=O) groups excluding carboxylic acids is 2. The van der Waals surface area contributed by atoms with E-state index >= 15 is 0 Å². The minimum atomic E-state index is -0.975. The molecule has 0 spiro atoms. The maximum atomic E-state index is 13.9. The van der Waals surface area contributed by atoms with Crippen molar-refractivity contribution in [3.05, 3.63) is 89.2 Å². The number of fused-ring (bicyclic) bond motifs is 1. The topological polar surface area (TPSA) is 89.0 Å². The molecular weight excluding hydrogens is 519 g/mol. The molecule has 0 radical (unpaired) electrons. The van der Waals surface area contributed by atoms with Crippen LogP contribution >= 0.6 is 11.3 Å². The highest BCUT2D eigenvalue weighted by Gasteiger charge is 2.48. The lowest BCUT2D eigenvalue weighted by Crippen LogP contribution is -2.29. The summed E-state index contributed by atoms with van der Waals surface area (Å²) in [5.74, 6) is -1.21. The highest BCUT2D eigenvalue weighted by atomic mass is 32.1. The van der Waals surface area contributed by atoms with Gasteiger partial charge in [-0.05, 0) is 73.5 Å². The molecule has 1 amide bonds. The second kappa shape index (κ2) is 11.2. The number of benzene rings is 3. The molecule has 2 heterocycles. The molecule has 1 aromatic heterocycles. The van der Waals surface area contributed by atoms with Crippen molar-refractivity contribution < 1.29 is 28.6 Å². The van der Waals surface area contributed by atoms with Gasteiger partial charge in [0.05, 0.1) is 35.0 Å². The number of aromatic nitrogens is 1. The number of carbonyl (C=O) groups is 2. The fourth-order valence-electron chi connectivity index (χ4n) is 4.47. The van der Waals surface area contributed by atoms with Gasteiger partial charge in [0.25, 0.3) is 5.78 Å². The van der Waals surface area contributed by atoms with E-state index in [1.165, 1.54) is 23.1 Å². The standard InChI is InChI=1S/C30H27FN2O5S/c1-3-5-15-38-22-8-6-7-19(16-22)26-25(27(34)18-9-12-21(13-10-18)37-4-2)28(35)29(36)33(26)30-32-23-14-11-20(31)17-24(23)39-30/h6-14,16-17,26,34H,3-5,15H2,1-2H3/b27-25+. The van der Waals surface area contributed by atoms with Gasteiger partial charge in [-0.1, -0.05) is 36.8 Å². The number of hydrogen-bond donors (Lipinski definition) is 1. The van der Waals surface area contributed by atoms with Crippen LogP contribution in [0.15, 0.2) is 72.3 Å². The van der Waals surface area contributed by atoms with E-state index in [2.05, 4.69) is 11.9 Å². The van der Waals surface area contributed by atoms with Crippen molar-refractivity contribution in [1.29, 1.82) is 0 Å². The van der Waals surface area contributed by atoms with Crippen LogP contribution in [-0.2, 0) is 9.59 Å². The lowest BCUT2D eigenvalue weighted by Gasteiger charge is -2.23. The maximum absolute atomic E-state index is 13.9. The number of nitrogens with zero attached hydrogens (tertiary/aromatic N) is 2. The molecule has 0 aliphatic carbocycles. The van der Waals surface area contributed by atoms with Gasteiger partial charge in [0.1, 0.15) is 23.1 Å². The Balaban J connectivity index is 1.65. The number of ether oxygens (including phenoxy) is 2. The predicted molar refractivity (Wildman–Crippen MR) is 149 cm³/mol. The van der Waals surface area contributed by atoms with Crippen LogP contribution in [0.25, 0.3) is 16.0 Å². The van der Waals surface area contributed by atoms with Crippen LogP contribution in [0.1, 0.15) is 43.9 Å². The highest BCUT2D eigenvalue weighted by molar-refractivity contribution is 7.22. The molecule has 1 saturated heterocycles. The molecule has 9 heteroatoms. The van der Waals surface area contributed by atoms with Crippen molar-refractivity contribution in [2.24, 2.45) is 0 Å². The average Bonchev–Trinajstić information content (AvgIpc) is 3.46. The van der Waals surface area contributed by atoms with Crippen molar-refractivity contribution in [3.63, 3.8) is 0 Å². The molecule has 1 atom stereocenters. The van der Waals surface area contributed by atoms with Crippen molar-refractivity contribution in [2.45, 2.75) is 32.7 Å². The zero-order valence-electron chi connectivity index (χ0n) is 21.5. The van der Waals surface area contributed by atoms with Gasteiger partial charge in [0.15, 0.2) is 5.13 Å². The number of halogens is 1. The van der Waals surface area contributed by atoms with Crippen molar-refractivity contribution in [3.8, 4) is 11.5 Å². The Bertz CT molecular complexity index is 1560. The van der Waals surface area contributed by atoms with E-state index in [1.54, 1.807) is 48.5 Å². The van der Waals surface area contributed by atoms with Crippen LogP contribution in [0.5, 0.6) is 11.5 Å². The first kappa shape index (κ1) is 26.4. The molecule has 1 unspecified atom stereocenters. The minimum Gasteiger partial charge on any atom is -0.507 e. The first-order valence-electron chi connectivity index (χ1n) is 12.7. The summed E-state index contributed by atoms with van der Waals surface area (Å²) < 4.78 is 25.8. The van der Waals surface area contributed by atoms with Crippen molar-refractivity contribution in [2.75, 3.05) is 18.1 Å². The number of ketones is 1. The number of thiazole rings is 1. The van der Waals surface area contributed by atoms with E-state index in [1.807, 2.05) is 6.92 Å². The average molecular weight is 547 g/mol. The van der Waals surface area contributed by atoms with Gasteiger partial charge in [0, 0.05) is 5.56 Å². The monoisotopic (exact) mass is 546 g/mol.